The van der Waals surface area contributed by atoms with E-state index in [9.17, 15) is 23.7 Å². The molecule has 4 aliphatic heterocycles. The lowest BCUT2D eigenvalue weighted by molar-refractivity contribution is -0.189. The summed E-state index contributed by atoms with van der Waals surface area (Å²) in [6.45, 7) is 11.3. The van der Waals surface area contributed by atoms with E-state index in [0.717, 1.165) is 48.0 Å². The molecule has 68 heavy (non-hydrogen) atoms. The number of carbonyl (C=O) groups excluding carboxylic acids is 3. The number of aryl methyl sites for hydroxylation is 1. The number of anilines is 1. The van der Waals surface area contributed by atoms with Crippen molar-refractivity contribution in [2.24, 2.45) is 0 Å². The molecule has 0 bridgehead atoms. The fraction of sp³-hybridized carbons (Fsp3) is 0.442. The van der Waals surface area contributed by atoms with Crippen LogP contribution in [0.25, 0.3) is 22.3 Å². The van der Waals surface area contributed by atoms with Crippen molar-refractivity contribution in [3.8, 4) is 17.1 Å². The molecule has 2 unspecified atom stereocenters. The molecule has 358 valence electrons. The van der Waals surface area contributed by atoms with Crippen molar-refractivity contribution in [2.75, 3.05) is 44.7 Å². The average molecular weight is 946 g/mol. The van der Waals surface area contributed by atoms with Gasteiger partial charge in [-0.15, -0.1) is 0 Å². The van der Waals surface area contributed by atoms with Gasteiger partial charge in [-0.2, -0.15) is 0 Å². The zero-order chi connectivity index (χ0) is 47.6. The Morgan fingerprint density at radius 3 is 2.28 bits per heavy atom. The SMILES string of the molecule is CCOP(=O)(OCC)C(Nc1ccc(CC(=O)OC2(CC)C(=O)OCc3c2cc2n(c3=O)Cc3c-2nc2ccc(OC(=O)N4CCC(N5CCCCC5)CC4)cc2c3CC)cc1)c1ccccc1. The standard InChI is InChI=1S/C52H60N5O10P/c1-5-39-40-30-38(66-51(61)56-27-23-37(24-28-56)55-25-13-10-14-26-55)21-22-44(40)54-47-41(39)32-57-45(47)31-43-42(49(57)59)33-63-50(60)52(43,6-2)67-46(58)29-34-17-19-36(20-18-34)53-48(35-15-11-9-12-16-35)68(62,64-7-3)65-8-4/h9,11-12,15-22,30-31,37,48,53H,5-8,10,13-14,23-29,32-33H2,1-4H3. The van der Waals surface area contributed by atoms with Crippen LogP contribution in [-0.4, -0.2) is 82.8 Å². The lowest BCUT2D eigenvalue weighted by Crippen LogP contribution is -2.48. The van der Waals surface area contributed by atoms with Crippen molar-refractivity contribution in [3.05, 3.63) is 123 Å². The number of hydrogen-bond donors (Lipinski definition) is 1. The highest BCUT2D eigenvalue weighted by molar-refractivity contribution is 7.54. The fourth-order valence-electron chi connectivity index (χ4n) is 10.4. The zero-order valence-electron chi connectivity index (χ0n) is 39.3. The van der Waals surface area contributed by atoms with Gasteiger partial charge in [-0.1, -0.05) is 62.7 Å². The van der Waals surface area contributed by atoms with Crippen molar-refractivity contribution in [1.82, 2.24) is 19.4 Å². The minimum absolute atomic E-state index is 0.0209. The Morgan fingerprint density at radius 2 is 1.60 bits per heavy atom. The quantitative estimate of drug-likeness (QED) is 0.0765. The summed E-state index contributed by atoms with van der Waals surface area (Å²) in [5, 5.41) is 4.15. The van der Waals surface area contributed by atoms with Gasteiger partial charge in [0, 0.05) is 41.3 Å². The van der Waals surface area contributed by atoms with Crippen LogP contribution in [0.3, 0.4) is 0 Å². The van der Waals surface area contributed by atoms with E-state index in [0.29, 0.717) is 59.5 Å². The number of pyridine rings is 2. The molecule has 1 amide bonds. The second kappa shape index (κ2) is 20.0. The van der Waals surface area contributed by atoms with Gasteiger partial charge in [-0.25, -0.2) is 14.6 Å². The lowest BCUT2D eigenvalue weighted by Gasteiger charge is -2.39. The zero-order valence-corrected chi connectivity index (χ0v) is 40.2. The van der Waals surface area contributed by atoms with Gasteiger partial charge in [-0.3, -0.25) is 14.2 Å². The number of nitrogens with zero attached hydrogens (tertiary/aromatic N) is 4. The smallest absolute Gasteiger partial charge is 0.415 e. The number of piperidine rings is 2. The number of carbonyl (C=O) groups is 3. The summed E-state index contributed by atoms with van der Waals surface area (Å²) in [4.78, 5) is 65.0. The van der Waals surface area contributed by atoms with Gasteiger partial charge in [0.25, 0.3) is 5.56 Å². The summed E-state index contributed by atoms with van der Waals surface area (Å²) in [6.07, 6.45) is 5.77. The Labute approximate surface area is 396 Å². The first-order chi connectivity index (χ1) is 33.0. The van der Waals surface area contributed by atoms with Gasteiger partial charge in [0.1, 0.15) is 12.4 Å². The molecule has 6 heterocycles. The minimum Gasteiger partial charge on any atom is -0.457 e. The third-order valence-corrected chi connectivity index (χ3v) is 16.2. The molecule has 0 radical (unpaired) electrons. The fourth-order valence-corrected chi connectivity index (χ4v) is 12.4. The molecule has 2 saturated heterocycles. The molecule has 3 aromatic carbocycles. The highest BCUT2D eigenvalue weighted by Gasteiger charge is 2.50. The van der Waals surface area contributed by atoms with Gasteiger partial charge < -0.3 is 42.9 Å². The molecule has 2 fully saturated rings. The van der Waals surface area contributed by atoms with E-state index < -0.39 is 30.9 Å². The molecule has 15 nitrogen and oxygen atoms in total. The molecule has 0 aliphatic carbocycles. The van der Waals surface area contributed by atoms with E-state index in [-0.39, 0.29) is 62.0 Å². The lowest BCUT2D eigenvalue weighted by atomic mass is 9.85. The molecule has 1 N–H and O–H groups in total. The molecule has 0 saturated carbocycles. The number of benzene rings is 3. The van der Waals surface area contributed by atoms with Crippen molar-refractivity contribution in [2.45, 2.75) is 110 Å². The Kier molecular flexibility index (Phi) is 13.9. The van der Waals surface area contributed by atoms with Gasteiger partial charge in [0.05, 0.1) is 48.6 Å². The second-order valence-corrected chi connectivity index (χ2v) is 20.0. The molecule has 9 rings (SSSR count). The van der Waals surface area contributed by atoms with E-state index in [1.807, 2.05) is 49.4 Å². The first kappa shape index (κ1) is 47.2. The summed E-state index contributed by atoms with van der Waals surface area (Å²) in [6, 6.07) is 24.0. The summed E-state index contributed by atoms with van der Waals surface area (Å²) in [5.74, 6) is -1.81. The van der Waals surface area contributed by atoms with Crippen LogP contribution >= 0.6 is 7.60 Å². The van der Waals surface area contributed by atoms with Crippen LogP contribution in [-0.2, 0) is 64.3 Å². The molecular formula is C52H60N5O10P. The van der Waals surface area contributed by atoms with Gasteiger partial charge >= 0.3 is 25.6 Å². The second-order valence-electron chi connectivity index (χ2n) is 17.9. The number of amides is 1. The maximum atomic E-state index is 14.4. The van der Waals surface area contributed by atoms with E-state index >= 15 is 0 Å². The average Bonchev–Trinajstić information content (AvgIpc) is 3.73. The topological polar surface area (TPSA) is 168 Å². The highest BCUT2D eigenvalue weighted by atomic mass is 31.2. The normalized spacial score (nSPS) is 18.9. The third kappa shape index (κ3) is 9.09. The number of aromatic nitrogens is 2. The summed E-state index contributed by atoms with van der Waals surface area (Å²) in [5.41, 5.74) is 3.87. The van der Waals surface area contributed by atoms with E-state index in [2.05, 4.69) is 10.2 Å². The third-order valence-electron chi connectivity index (χ3n) is 13.9. The Bertz CT molecular complexity index is 2790. The number of nitrogens with one attached hydrogen (secondary N) is 1. The first-order valence-corrected chi connectivity index (χ1v) is 25.7. The minimum atomic E-state index is -3.65. The number of rotatable bonds is 15. The monoisotopic (exact) mass is 945 g/mol. The van der Waals surface area contributed by atoms with Crippen LogP contribution in [0.2, 0.25) is 0 Å². The van der Waals surface area contributed by atoms with Gasteiger partial charge in [-0.05, 0) is 119 Å². The number of esters is 2. The van der Waals surface area contributed by atoms with Crippen LogP contribution in [0.4, 0.5) is 10.5 Å². The van der Waals surface area contributed by atoms with Crippen LogP contribution in [0.5, 0.6) is 5.75 Å². The Morgan fingerprint density at radius 1 is 0.882 bits per heavy atom. The first-order valence-electron chi connectivity index (χ1n) is 24.1. The van der Waals surface area contributed by atoms with Gasteiger partial charge in [0.2, 0.25) is 5.60 Å². The molecular weight excluding hydrogens is 886 g/mol. The highest BCUT2D eigenvalue weighted by Crippen LogP contribution is 2.60. The Balaban J connectivity index is 0.936. The van der Waals surface area contributed by atoms with Crippen molar-refractivity contribution in [1.29, 1.82) is 0 Å². The maximum Gasteiger partial charge on any atom is 0.415 e. The summed E-state index contributed by atoms with van der Waals surface area (Å²) >= 11 is 0. The molecule has 4 aliphatic rings. The van der Waals surface area contributed by atoms with Crippen LogP contribution in [0, 0.1) is 0 Å². The number of fused-ring (bicyclic) bond motifs is 5. The van der Waals surface area contributed by atoms with Crippen molar-refractivity contribution < 1.29 is 42.2 Å². The largest absolute Gasteiger partial charge is 0.457 e. The maximum absolute atomic E-state index is 14.4. The molecule has 16 heteroatoms. The van der Waals surface area contributed by atoms with E-state index in [1.54, 1.807) is 66.6 Å². The molecule has 5 aromatic rings. The number of hydrogen-bond acceptors (Lipinski definition) is 13. The molecule has 0 spiro atoms. The molecule has 2 aromatic heterocycles. The predicted octanol–water partition coefficient (Wildman–Crippen LogP) is 9.26. The van der Waals surface area contributed by atoms with Crippen LogP contribution in [0.15, 0.2) is 83.7 Å². The van der Waals surface area contributed by atoms with E-state index in [4.69, 9.17) is 28.2 Å². The van der Waals surface area contributed by atoms with Crippen LogP contribution in [0.1, 0.15) is 105 Å². The molecule has 2 atom stereocenters. The number of cyclic esters (lactones) is 1. The van der Waals surface area contributed by atoms with Crippen molar-refractivity contribution >= 4 is 42.2 Å². The summed E-state index contributed by atoms with van der Waals surface area (Å²) < 4.78 is 44.8. The predicted molar refractivity (Wildman–Crippen MR) is 258 cm³/mol. The van der Waals surface area contributed by atoms with Crippen molar-refractivity contribution in [3.63, 3.8) is 0 Å². The van der Waals surface area contributed by atoms with Crippen LogP contribution < -0.4 is 15.6 Å². The Hall–Kier alpha value is -5.86. The van der Waals surface area contributed by atoms with E-state index in [1.165, 1.54) is 19.3 Å². The van der Waals surface area contributed by atoms with Gasteiger partial charge in [0.15, 0.2) is 5.78 Å². The summed E-state index contributed by atoms with van der Waals surface area (Å²) in [7, 11) is -3.65. The number of likely N-dealkylation sites (tertiary alicyclic amines) is 2. The number of ether oxygens (including phenoxy) is 3.